The first kappa shape index (κ1) is 22.5. The number of ether oxygens (including phenoxy) is 1. The van der Waals surface area contributed by atoms with E-state index in [2.05, 4.69) is 4.57 Å². The highest BCUT2D eigenvalue weighted by atomic mass is 35.5. The molecule has 172 valence electrons. The molecule has 0 saturated heterocycles. The number of para-hydroxylation sites is 3. The van der Waals surface area contributed by atoms with Crippen molar-refractivity contribution in [1.29, 1.82) is 0 Å². The third-order valence-corrected chi connectivity index (χ3v) is 6.94. The predicted molar refractivity (Wildman–Crippen MR) is 134 cm³/mol. The maximum absolute atomic E-state index is 12.6. The smallest absolute Gasteiger partial charge is 0.316 e. The number of aromatic nitrogens is 2. The molecule has 0 spiro atoms. The summed E-state index contributed by atoms with van der Waals surface area (Å²) in [6, 6.07) is 23.3. The fourth-order valence-electron chi connectivity index (χ4n) is 4.07. The molecule has 8 heteroatoms. The third-order valence-electron chi connectivity index (χ3n) is 5.74. The number of hydrogen-bond donors (Lipinski definition) is 0. The summed E-state index contributed by atoms with van der Waals surface area (Å²) < 4.78 is 7.37. The van der Waals surface area contributed by atoms with Gasteiger partial charge in [-0.15, -0.1) is 0 Å². The summed E-state index contributed by atoms with van der Waals surface area (Å²) in [5.74, 6) is -0.595. The Hall–Kier alpha value is -3.29. The molecule has 5 rings (SSSR count). The number of rotatable bonds is 7. The molecule has 34 heavy (non-hydrogen) atoms. The first-order chi connectivity index (χ1) is 16.6. The number of anilines is 1. The molecule has 0 radical (unpaired) electrons. The number of carbonyl (C=O) groups excluding carboxylic acids is 2. The number of nitrogens with zero attached hydrogens (tertiary/aromatic N) is 3. The summed E-state index contributed by atoms with van der Waals surface area (Å²) in [4.78, 5) is 31.4. The summed E-state index contributed by atoms with van der Waals surface area (Å²) in [6.45, 7) is 0.941. The van der Waals surface area contributed by atoms with Crippen LogP contribution in [0.5, 0.6) is 0 Å². The number of esters is 1. The van der Waals surface area contributed by atoms with Gasteiger partial charge in [0.15, 0.2) is 11.8 Å². The van der Waals surface area contributed by atoms with E-state index in [1.54, 1.807) is 4.90 Å². The van der Waals surface area contributed by atoms with E-state index < -0.39 is 5.97 Å². The Balaban J connectivity index is 1.23. The van der Waals surface area contributed by atoms with Gasteiger partial charge in [-0.25, -0.2) is 4.98 Å². The van der Waals surface area contributed by atoms with Gasteiger partial charge in [-0.05, 0) is 47.9 Å². The average Bonchev–Trinajstić information content (AvgIpc) is 3.44. The first-order valence-electron chi connectivity index (χ1n) is 10.9. The number of halogens is 1. The van der Waals surface area contributed by atoms with Crippen molar-refractivity contribution in [3.05, 3.63) is 88.9 Å². The second-order valence-electron chi connectivity index (χ2n) is 7.97. The van der Waals surface area contributed by atoms with Gasteiger partial charge < -0.3 is 14.2 Å². The Morgan fingerprint density at radius 1 is 1.00 bits per heavy atom. The van der Waals surface area contributed by atoms with Crippen LogP contribution in [0.3, 0.4) is 0 Å². The SMILES string of the molecule is O=C(CSc1nc2ccccc2n1Cc1ccc(Cl)cc1)OCC(=O)N1CCc2ccccc21. The average molecular weight is 492 g/mol. The van der Waals surface area contributed by atoms with Crippen molar-refractivity contribution in [3.63, 3.8) is 0 Å². The van der Waals surface area contributed by atoms with Crippen LogP contribution in [-0.4, -0.2) is 40.3 Å². The predicted octanol–water partition coefficient (Wildman–Crippen LogP) is 4.96. The highest BCUT2D eigenvalue weighted by Crippen LogP contribution is 2.28. The van der Waals surface area contributed by atoms with Crippen LogP contribution in [0.1, 0.15) is 11.1 Å². The van der Waals surface area contributed by atoms with Crippen molar-refractivity contribution >= 4 is 52.0 Å². The van der Waals surface area contributed by atoms with Gasteiger partial charge in [0.05, 0.1) is 23.3 Å². The first-order valence-corrected chi connectivity index (χ1v) is 12.3. The van der Waals surface area contributed by atoms with Gasteiger partial charge in [0.2, 0.25) is 0 Å². The lowest BCUT2D eigenvalue weighted by atomic mass is 10.2. The topological polar surface area (TPSA) is 64.4 Å². The minimum Gasteiger partial charge on any atom is -0.455 e. The molecule has 6 nitrogen and oxygen atoms in total. The molecule has 3 aromatic carbocycles. The quantitative estimate of drug-likeness (QED) is 0.270. The zero-order valence-corrected chi connectivity index (χ0v) is 19.9. The second kappa shape index (κ2) is 9.91. The zero-order valence-electron chi connectivity index (χ0n) is 18.3. The van der Waals surface area contributed by atoms with E-state index >= 15 is 0 Å². The van der Waals surface area contributed by atoms with Crippen LogP contribution in [0, 0.1) is 0 Å². The van der Waals surface area contributed by atoms with Gasteiger partial charge in [-0.2, -0.15) is 0 Å². The van der Waals surface area contributed by atoms with Gasteiger partial charge in [0.1, 0.15) is 0 Å². The number of amides is 1. The number of hydrogen-bond acceptors (Lipinski definition) is 5. The lowest BCUT2D eigenvalue weighted by Crippen LogP contribution is -2.33. The molecule has 1 aromatic heterocycles. The highest BCUT2D eigenvalue weighted by Gasteiger charge is 2.25. The van der Waals surface area contributed by atoms with Crippen LogP contribution in [0.4, 0.5) is 5.69 Å². The number of thioether (sulfide) groups is 1. The Bertz CT molecular complexity index is 1350. The molecule has 0 N–H and O–H groups in total. The fraction of sp³-hybridized carbons (Fsp3) is 0.192. The van der Waals surface area contributed by atoms with Crippen molar-refractivity contribution in [2.45, 2.75) is 18.1 Å². The molecule has 2 heterocycles. The molecular formula is C26H22ClN3O3S. The molecular weight excluding hydrogens is 470 g/mol. The van der Waals surface area contributed by atoms with Crippen molar-refractivity contribution < 1.29 is 14.3 Å². The van der Waals surface area contributed by atoms with Crippen molar-refractivity contribution in [2.24, 2.45) is 0 Å². The van der Waals surface area contributed by atoms with Crippen LogP contribution in [-0.2, 0) is 27.3 Å². The van der Waals surface area contributed by atoms with E-state index in [0.29, 0.717) is 23.3 Å². The van der Waals surface area contributed by atoms with Crippen molar-refractivity contribution in [2.75, 3.05) is 23.8 Å². The van der Waals surface area contributed by atoms with Crippen LogP contribution < -0.4 is 4.90 Å². The Morgan fingerprint density at radius 3 is 2.62 bits per heavy atom. The fourth-order valence-corrected chi connectivity index (χ4v) is 5.01. The van der Waals surface area contributed by atoms with Gasteiger partial charge >= 0.3 is 5.97 Å². The number of benzene rings is 3. The maximum Gasteiger partial charge on any atom is 0.316 e. The molecule has 1 aliphatic rings. The largest absolute Gasteiger partial charge is 0.455 e. The van der Waals surface area contributed by atoms with Crippen LogP contribution in [0.25, 0.3) is 11.0 Å². The lowest BCUT2D eigenvalue weighted by molar-refractivity contribution is -0.145. The van der Waals surface area contributed by atoms with Gasteiger partial charge in [-0.1, -0.05) is 65.8 Å². The van der Waals surface area contributed by atoms with Gasteiger partial charge in [0.25, 0.3) is 5.91 Å². The minimum atomic E-state index is -0.448. The van der Waals surface area contributed by atoms with Crippen LogP contribution in [0.2, 0.25) is 5.02 Å². The molecule has 0 atom stereocenters. The van der Waals surface area contributed by atoms with E-state index in [1.807, 2.05) is 72.8 Å². The normalized spacial score (nSPS) is 12.7. The molecule has 4 aromatic rings. The van der Waals surface area contributed by atoms with E-state index in [4.69, 9.17) is 21.3 Å². The van der Waals surface area contributed by atoms with Crippen molar-refractivity contribution in [3.8, 4) is 0 Å². The lowest BCUT2D eigenvalue weighted by Gasteiger charge is -2.17. The second-order valence-corrected chi connectivity index (χ2v) is 9.35. The Kier molecular flexibility index (Phi) is 6.56. The molecule has 0 saturated carbocycles. The Labute approximate surface area is 206 Å². The zero-order chi connectivity index (χ0) is 23.5. The van der Waals surface area contributed by atoms with Crippen LogP contribution in [0.15, 0.2) is 78.0 Å². The molecule has 1 aliphatic heterocycles. The van der Waals surface area contributed by atoms with Gasteiger partial charge in [-0.3, -0.25) is 9.59 Å². The number of fused-ring (bicyclic) bond motifs is 2. The maximum atomic E-state index is 12.6. The van der Waals surface area contributed by atoms with Crippen LogP contribution >= 0.6 is 23.4 Å². The molecule has 0 bridgehead atoms. The number of carbonyl (C=O) groups is 2. The summed E-state index contributed by atoms with van der Waals surface area (Å²) in [5.41, 5.74) is 4.95. The number of imidazole rings is 1. The van der Waals surface area contributed by atoms with Crippen molar-refractivity contribution in [1.82, 2.24) is 9.55 Å². The van der Waals surface area contributed by atoms with Gasteiger partial charge in [0, 0.05) is 17.3 Å². The highest BCUT2D eigenvalue weighted by molar-refractivity contribution is 7.99. The van der Waals surface area contributed by atoms with E-state index in [0.717, 1.165) is 34.3 Å². The third kappa shape index (κ3) is 4.81. The summed E-state index contributed by atoms with van der Waals surface area (Å²) in [5, 5.41) is 1.40. The van der Waals surface area contributed by atoms with E-state index in [9.17, 15) is 9.59 Å². The molecule has 0 unspecified atom stereocenters. The minimum absolute atomic E-state index is 0.0633. The van der Waals surface area contributed by atoms with E-state index in [-0.39, 0.29) is 18.3 Å². The molecule has 1 amide bonds. The molecule has 0 aliphatic carbocycles. The summed E-state index contributed by atoms with van der Waals surface area (Å²) in [7, 11) is 0. The summed E-state index contributed by atoms with van der Waals surface area (Å²) >= 11 is 7.32. The summed E-state index contributed by atoms with van der Waals surface area (Å²) in [6.07, 6.45) is 0.815. The standard InChI is InChI=1S/C26H22ClN3O3S/c27-20-11-9-18(10-12-20)15-30-23-8-4-2-6-21(23)28-26(30)34-17-25(32)33-16-24(31)29-14-13-19-5-1-3-7-22(19)29/h1-12H,13-17H2. The molecule has 0 fully saturated rings. The monoisotopic (exact) mass is 491 g/mol. The van der Waals surface area contributed by atoms with E-state index in [1.165, 1.54) is 11.8 Å². The Morgan fingerprint density at radius 2 is 1.76 bits per heavy atom.